The number of carboxylic acids is 1. The zero-order valence-electron chi connectivity index (χ0n) is 13.7. The predicted octanol–water partition coefficient (Wildman–Crippen LogP) is 3.94. The minimum absolute atomic E-state index is 0.228. The second-order valence-electron chi connectivity index (χ2n) is 6.01. The summed E-state index contributed by atoms with van der Waals surface area (Å²) in [6.45, 7) is 6.13. The van der Waals surface area contributed by atoms with E-state index in [9.17, 15) is 9.90 Å². The molecule has 4 heteroatoms. The first-order valence-electron chi connectivity index (χ1n) is 7.34. The van der Waals surface area contributed by atoms with Crippen LogP contribution in [0.25, 0.3) is 11.1 Å². The van der Waals surface area contributed by atoms with Crippen LogP contribution in [0, 0.1) is 6.92 Å². The smallest absolute Gasteiger partial charge is 0.340 e. The number of rotatable bonds is 4. The van der Waals surface area contributed by atoms with Crippen molar-refractivity contribution in [3.8, 4) is 11.1 Å². The van der Waals surface area contributed by atoms with Gasteiger partial charge in [0.1, 0.15) is 11.4 Å². The highest BCUT2D eigenvalue weighted by molar-refractivity contribution is 6.01. The van der Waals surface area contributed by atoms with Crippen molar-refractivity contribution in [1.29, 1.82) is 0 Å². The maximum absolute atomic E-state index is 11.8. The first kappa shape index (κ1) is 16.0. The van der Waals surface area contributed by atoms with E-state index in [0.717, 1.165) is 22.4 Å². The topological polar surface area (TPSA) is 53.4 Å². The van der Waals surface area contributed by atoms with Crippen molar-refractivity contribution < 1.29 is 9.90 Å². The lowest BCUT2D eigenvalue weighted by Gasteiger charge is -2.20. The normalized spacial score (nSPS) is 10.8. The van der Waals surface area contributed by atoms with Crippen LogP contribution in [0.4, 0.5) is 5.82 Å². The van der Waals surface area contributed by atoms with E-state index in [1.54, 1.807) is 4.90 Å². The summed E-state index contributed by atoms with van der Waals surface area (Å²) in [5, 5.41) is 9.67. The van der Waals surface area contributed by atoms with Gasteiger partial charge in [-0.2, -0.15) is 0 Å². The van der Waals surface area contributed by atoms with Crippen LogP contribution < -0.4 is 4.90 Å². The molecule has 0 radical (unpaired) electrons. The van der Waals surface area contributed by atoms with E-state index in [0.29, 0.717) is 5.82 Å². The van der Waals surface area contributed by atoms with Gasteiger partial charge < -0.3 is 10.0 Å². The molecule has 0 saturated heterocycles. The third-order valence-corrected chi connectivity index (χ3v) is 3.61. The molecule has 0 aliphatic heterocycles. The van der Waals surface area contributed by atoms with Gasteiger partial charge >= 0.3 is 5.97 Å². The summed E-state index contributed by atoms with van der Waals surface area (Å²) in [6.07, 6.45) is 0. The number of benzene rings is 1. The molecule has 116 valence electrons. The van der Waals surface area contributed by atoms with Crippen LogP contribution in [0.5, 0.6) is 0 Å². The second-order valence-corrected chi connectivity index (χ2v) is 6.01. The molecule has 0 bridgehead atoms. The second kappa shape index (κ2) is 6.18. The quantitative estimate of drug-likeness (QED) is 0.928. The van der Waals surface area contributed by atoms with Crippen molar-refractivity contribution in [3.63, 3.8) is 0 Å². The molecule has 0 spiro atoms. The fraction of sp³-hybridized carbons (Fsp3) is 0.333. The highest BCUT2D eigenvalue weighted by Gasteiger charge is 2.22. The molecule has 0 saturated carbocycles. The third-order valence-electron chi connectivity index (χ3n) is 3.61. The third kappa shape index (κ3) is 3.11. The summed E-state index contributed by atoms with van der Waals surface area (Å²) >= 11 is 0. The lowest BCUT2D eigenvalue weighted by atomic mass is 9.96. The Morgan fingerprint density at radius 3 is 2.23 bits per heavy atom. The number of carbonyl (C=O) groups is 1. The fourth-order valence-electron chi connectivity index (χ4n) is 2.34. The Hall–Kier alpha value is -2.36. The average molecular weight is 298 g/mol. The molecular weight excluding hydrogens is 276 g/mol. The van der Waals surface area contributed by atoms with Crippen LogP contribution in [0.2, 0.25) is 0 Å². The standard InChI is InChI=1S/C18H22N2O2/c1-11(2)15-10-14(13-8-6-12(3)7-9-13)16(18(21)22)17(19-15)20(4)5/h6-11H,1-5H3,(H,21,22). The Bertz CT molecular complexity index is 689. The Morgan fingerprint density at radius 1 is 1.18 bits per heavy atom. The van der Waals surface area contributed by atoms with Crippen LogP contribution >= 0.6 is 0 Å². The summed E-state index contributed by atoms with van der Waals surface area (Å²) in [5.74, 6) is -0.234. The van der Waals surface area contributed by atoms with Crippen LogP contribution in [0.1, 0.15) is 41.4 Å². The van der Waals surface area contributed by atoms with Crippen molar-refractivity contribution in [2.24, 2.45) is 0 Å². The number of pyridine rings is 1. The van der Waals surface area contributed by atoms with E-state index < -0.39 is 5.97 Å². The van der Waals surface area contributed by atoms with E-state index >= 15 is 0 Å². The summed E-state index contributed by atoms with van der Waals surface area (Å²) in [5.41, 5.74) is 3.90. The van der Waals surface area contributed by atoms with E-state index in [-0.39, 0.29) is 11.5 Å². The largest absolute Gasteiger partial charge is 0.478 e. The number of hydrogen-bond donors (Lipinski definition) is 1. The zero-order valence-corrected chi connectivity index (χ0v) is 13.7. The van der Waals surface area contributed by atoms with E-state index in [4.69, 9.17) is 0 Å². The van der Waals surface area contributed by atoms with Crippen molar-refractivity contribution in [3.05, 3.63) is 47.2 Å². The molecular formula is C18H22N2O2. The molecule has 0 amide bonds. The molecule has 2 rings (SSSR count). The number of carboxylic acid groups (broad SMARTS) is 1. The van der Waals surface area contributed by atoms with Gasteiger partial charge in [-0.05, 0) is 24.5 Å². The van der Waals surface area contributed by atoms with Crippen LogP contribution in [-0.4, -0.2) is 30.2 Å². The van der Waals surface area contributed by atoms with Gasteiger partial charge in [-0.1, -0.05) is 43.7 Å². The van der Waals surface area contributed by atoms with E-state index in [2.05, 4.69) is 18.8 Å². The monoisotopic (exact) mass is 298 g/mol. The van der Waals surface area contributed by atoms with Gasteiger partial charge in [0, 0.05) is 25.4 Å². The van der Waals surface area contributed by atoms with Crippen molar-refractivity contribution in [2.75, 3.05) is 19.0 Å². The van der Waals surface area contributed by atoms with Gasteiger partial charge in [-0.3, -0.25) is 0 Å². The van der Waals surface area contributed by atoms with Crippen LogP contribution in [-0.2, 0) is 0 Å². The van der Waals surface area contributed by atoms with Gasteiger partial charge in [0.2, 0.25) is 0 Å². The number of aromatic carboxylic acids is 1. The van der Waals surface area contributed by atoms with Crippen LogP contribution in [0.15, 0.2) is 30.3 Å². The summed E-state index contributed by atoms with van der Waals surface area (Å²) in [6, 6.07) is 9.80. The lowest BCUT2D eigenvalue weighted by molar-refractivity contribution is 0.0698. The first-order valence-corrected chi connectivity index (χ1v) is 7.34. The Kier molecular flexibility index (Phi) is 4.50. The van der Waals surface area contributed by atoms with Crippen LogP contribution in [0.3, 0.4) is 0 Å². The maximum Gasteiger partial charge on any atom is 0.340 e. The molecule has 22 heavy (non-hydrogen) atoms. The number of nitrogens with zero attached hydrogens (tertiary/aromatic N) is 2. The SMILES string of the molecule is Cc1ccc(-c2cc(C(C)C)nc(N(C)C)c2C(=O)O)cc1. The molecule has 2 aromatic rings. The summed E-state index contributed by atoms with van der Waals surface area (Å²) in [7, 11) is 3.63. The Morgan fingerprint density at radius 2 is 1.77 bits per heavy atom. The molecule has 1 aromatic heterocycles. The molecule has 1 N–H and O–H groups in total. The molecule has 1 aromatic carbocycles. The maximum atomic E-state index is 11.8. The highest BCUT2D eigenvalue weighted by Crippen LogP contribution is 2.32. The Balaban J connectivity index is 2.78. The first-order chi connectivity index (χ1) is 10.3. The molecule has 0 aliphatic rings. The minimum atomic E-state index is -0.956. The predicted molar refractivity (Wildman–Crippen MR) is 89.8 cm³/mol. The van der Waals surface area contributed by atoms with Crippen molar-refractivity contribution in [2.45, 2.75) is 26.7 Å². The fourth-order valence-corrected chi connectivity index (χ4v) is 2.34. The molecule has 1 heterocycles. The summed E-state index contributed by atoms with van der Waals surface area (Å²) in [4.78, 5) is 18.1. The molecule has 0 unspecified atom stereocenters. The van der Waals surface area contributed by atoms with Gasteiger partial charge in [0.05, 0.1) is 0 Å². The number of aromatic nitrogens is 1. The van der Waals surface area contributed by atoms with Gasteiger partial charge in [0.25, 0.3) is 0 Å². The number of aryl methyl sites for hydroxylation is 1. The van der Waals surface area contributed by atoms with Crippen molar-refractivity contribution in [1.82, 2.24) is 4.98 Å². The number of anilines is 1. The van der Waals surface area contributed by atoms with E-state index in [1.165, 1.54) is 0 Å². The minimum Gasteiger partial charge on any atom is -0.478 e. The van der Waals surface area contributed by atoms with Gasteiger partial charge in [0.15, 0.2) is 0 Å². The zero-order chi connectivity index (χ0) is 16.4. The van der Waals surface area contributed by atoms with E-state index in [1.807, 2.05) is 51.4 Å². The van der Waals surface area contributed by atoms with Gasteiger partial charge in [-0.25, -0.2) is 9.78 Å². The lowest BCUT2D eigenvalue weighted by Crippen LogP contribution is -2.18. The number of hydrogen-bond acceptors (Lipinski definition) is 3. The van der Waals surface area contributed by atoms with Crippen molar-refractivity contribution >= 4 is 11.8 Å². The molecule has 4 nitrogen and oxygen atoms in total. The molecule has 0 aliphatic carbocycles. The molecule has 0 atom stereocenters. The Labute approximate surface area is 131 Å². The highest BCUT2D eigenvalue weighted by atomic mass is 16.4. The van der Waals surface area contributed by atoms with Gasteiger partial charge in [-0.15, -0.1) is 0 Å². The molecule has 0 fully saturated rings. The summed E-state index contributed by atoms with van der Waals surface area (Å²) < 4.78 is 0. The average Bonchev–Trinajstić information content (AvgIpc) is 2.46.